The number of aliphatic hydroxyl groups is 4. The minimum atomic E-state index is -1.46. The largest absolute Gasteiger partial charge is 0.504 e. The van der Waals surface area contributed by atoms with Gasteiger partial charge < -0.3 is 54.3 Å². The Labute approximate surface area is 214 Å². The number of aromatic hydroxyl groups is 2. The van der Waals surface area contributed by atoms with Crippen molar-refractivity contribution in [3.8, 4) is 28.7 Å². The van der Waals surface area contributed by atoms with Gasteiger partial charge in [-0.2, -0.15) is 0 Å². The van der Waals surface area contributed by atoms with Gasteiger partial charge in [0.25, 0.3) is 0 Å². The number of rotatable bonds is 8. The summed E-state index contributed by atoms with van der Waals surface area (Å²) in [4.78, 5) is 0. The lowest BCUT2D eigenvalue weighted by molar-refractivity contribution is -0.274. The lowest BCUT2D eigenvalue weighted by Crippen LogP contribution is -2.54. The quantitative estimate of drug-likeness (QED) is 0.286. The number of methoxy groups -OCH3 is 3. The molecular weight excluding hydrogens is 488 g/mol. The minimum absolute atomic E-state index is 0.00181. The van der Waals surface area contributed by atoms with Gasteiger partial charge in [-0.15, -0.1) is 0 Å². The molecule has 1 aliphatic heterocycles. The number of aliphatic hydroxyl groups excluding tert-OH is 4. The Morgan fingerprint density at radius 1 is 0.892 bits per heavy atom. The Morgan fingerprint density at radius 2 is 1.54 bits per heavy atom. The molecule has 1 heterocycles. The van der Waals surface area contributed by atoms with Gasteiger partial charge in [0.05, 0.1) is 34.5 Å². The molecule has 2 aliphatic rings. The van der Waals surface area contributed by atoms with Gasteiger partial charge in [0, 0.05) is 12.5 Å². The van der Waals surface area contributed by atoms with E-state index in [4.69, 9.17) is 23.7 Å². The number of hydrogen-bond donors (Lipinski definition) is 6. The molecule has 0 aromatic heterocycles. The molecule has 0 spiro atoms. The summed E-state index contributed by atoms with van der Waals surface area (Å²) in [6.45, 7) is -0.392. The maximum Gasteiger partial charge on any atom is 0.200 e. The summed E-state index contributed by atoms with van der Waals surface area (Å²) in [5.41, 5.74) is 2.28. The molecule has 1 aliphatic carbocycles. The van der Waals surface area contributed by atoms with E-state index in [9.17, 15) is 30.6 Å². The van der Waals surface area contributed by atoms with Gasteiger partial charge in [-0.25, -0.2) is 0 Å². The van der Waals surface area contributed by atoms with Crippen molar-refractivity contribution in [2.45, 2.75) is 36.9 Å². The molecule has 7 atom stereocenters. The zero-order chi connectivity index (χ0) is 26.9. The Hall–Kier alpha value is -2.80. The number of phenolic OH excluding ortho intramolecular Hbond substituents is 2. The van der Waals surface area contributed by atoms with Crippen molar-refractivity contribution in [2.75, 3.05) is 41.2 Å². The van der Waals surface area contributed by atoms with E-state index in [1.807, 2.05) is 0 Å². The van der Waals surface area contributed by atoms with Crippen LogP contribution in [-0.4, -0.2) is 96.4 Å². The summed E-state index contributed by atoms with van der Waals surface area (Å²) in [6.07, 6.45) is -4.86. The molecule has 37 heavy (non-hydrogen) atoms. The van der Waals surface area contributed by atoms with Crippen LogP contribution in [0, 0.1) is 11.8 Å². The predicted molar refractivity (Wildman–Crippen MR) is 129 cm³/mol. The minimum Gasteiger partial charge on any atom is -0.504 e. The van der Waals surface area contributed by atoms with Crippen molar-refractivity contribution in [3.05, 3.63) is 41.0 Å². The molecule has 0 amide bonds. The van der Waals surface area contributed by atoms with Crippen LogP contribution in [-0.2, 0) is 15.9 Å². The van der Waals surface area contributed by atoms with Crippen molar-refractivity contribution in [1.29, 1.82) is 0 Å². The van der Waals surface area contributed by atoms with Gasteiger partial charge in [-0.1, -0.05) is 0 Å². The van der Waals surface area contributed by atoms with Gasteiger partial charge in [0.1, 0.15) is 18.3 Å². The fourth-order valence-corrected chi connectivity index (χ4v) is 5.28. The summed E-state index contributed by atoms with van der Waals surface area (Å²) >= 11 is 0. The Kier molecular flexibility index (Phi) is 8.32. The molecule has 11 heteroatoms. The van der Waals surface area contributed by atoms with E-state index in [1.165, 1.54) is 21.3 Å². The Bertz CT molecular complexity index is 1070. The van der Waals surface area contributed by atoms with E-state index in [2.05, 4.69) is 0 Å². The summed E-state index contributed by atoms with van der Waals surface area (Å²) in [5, 5.41) is 61.6. The van der Waals surface area contributed by atoms with Crippen molar-refractivity contribution < 1.29 is 54.3 Å². The van der Waals surface area contributed by atoms with Gasteiger partial charge in [-0.3, -0.25) is 0 Å². The van der Waals surface area contributed by atoms with E-state index in [0.29, 0.717) is 17.7 Å². The first-order valence-electron chi connectivity index (χ1n) is 12.0. The SMILES string of the molecule is COc1cc2c(cc1O)[C@H](c1cc(OC)c(O)c(OC)c1)[C@H](CO[C@H]1OC[C@@H](O)[C@H](O)[C@H]1O)[C@@H](CO)C2. The lowest BCUT2D eigenvalue weighted by atomic mass is 9.66. The first-order chi connectivity index (χ1) is 17.7. The average Bonchev–Trinajstić information content (AvgIpc) is 2.90. The van der Waals surface area contributed by atoms with Crippen LogP contribution in [0.3, 0.4) is 0 Å². The Morgan fingerprint density at radius 3 is 2.14 bits per heavy atom. The molecule has 6 N–H and O–H groups in total. The Balaban J connectivity index is 1.78. The fourth-order valence-electron chi connectivity index (χ4n) is 5.28. The first kappa shape index (κ1) is 27.2. The highest BCUT2D eigenvalue weighted by molar-refractivity contribution is 5.57. The third-order valence-electron chi connectivity index (χ3n) is 7.29. The normalized spacial score (nSPS) is 29.4. The van der Waals surface area contributed by atoms with Crippen LogP contribution < -0.4 is 14.2 Å². The maximum atomic E-state index is 10.6. The highest BCUT2D eigenvalue weighted by Crippen LogP contribution is 2.50. The second-order valence-electron chi connectivity index (χ2n) is 9.37. The summed E-state index contributed by atoms with van der Waals surface area (Å²) in [5.74, 6) is -0.745. The van der Waals surface area contributed by atoms with Gasteiger partial charge >= 0.3 is 0 Å². The molecule has 0 radical (unpaired) electrons. The molecule has 2 aromatic carbocycles. The van der Waals surface area contributed by atoms with Gasteiger partial charge in [0.2, 0.25) is 5.75 Å². The molecule has 4 rings (SSSR count). The molecule has 0 bridgehead atoms. The van der Waals surface area contributed by atoms with Crippen molar-refractivity contribution >= 4 is 0 Å². The van der Waals surface area contributed by atoms with Crippen LogP contribution in [0.25, 0.3) is 0 Å². The highest BCUT2D eigenvalue weighted by Gasteiger charge is 2.42. The number of ether oxygens (including phenoxy) is 5. The van der Waals surface area contributed by atoms with Crippen LogP contribution >= 0.6 is 0 Å². The van der Waals surface area contributed by atoms with Crippen molar-refractivity contribution in [2.24, 2.45) is 11.8 Å². The summed E-state index contributed by atoms with van der Waals surface area (Å²) in [6, 6.07) is 6.66. The zero-order valence-corrected chi connectivity index (χ0v) is 20.9. The molecule has 204 valence electrons. The van der Waals surface area contributed by atoms with Gasteiger partial charge in [-0.05, 0) is 59.2 Å². The van der Waals surface area contributed by atoms with E-state index < -0.39 is 36.4 Å². The van der Waals surface area contributed by atoms with E-state index >= 15 is 0 Å². The second-order valence-corrected chi connectivity index (χ2v) is 9.37. The highest BCUT2D eigenvalue weighted by atomic mass is 16.7. The van der Waals surface area contributed by atoms with Crippen LogP contribution in [0.4, 0.5) is 0 Å². The van der Waals surface area contributed by atoms with E-state index in [1.54, 1.807) is 24.3 Å². The molecule has 0 unspecified atom stereocenters. The maximum absolute atomic E-state index is 10.6. The first-order valence-corrected chi connectivity index (χ1v) is 12.0. The molecule has 1 fully saturated rings. The van der Waals surface area contributed by atoms with Crippen LogP contribution in [0.5, 0.6) is 28.7 Å². The summed E-state index contributed by atoms with van der Waals surface area (Å²) < 4.78 is 27.3. The number of benzene rings is 2. The third-order valence-corrected chi connectivity index (χ3v) is 7.29. The fraction of sp³-hybridized carbons (Fsp3) is 0.538. The smallest absolute Gasteiger partial charge is 0.200 e. The summed E-state index contributed by atoms with van der Waals surface area (Å²) in [7, 11) is 4.29. The van der Waals surface area contributed by atoms with Crippen LogP contribution in [0.2, 0.25) is 0 Å². The van der Waals surface area contributed by atoms with E-state index in [-0.39, 0.29) is 48.7 Å². The average molecular weight is 523 g/mol. The van der Waals surface area contributed by atoms with Crippen LogP contribution in [0.15, 0.2) is 24.3 Å². The van der Waals surface area contributed by atoms with Crippen molar-refractivity contribution in [3.63, 3.8) is 0 Å². The predicted octanol–water partition coefficient (Wildman–Crippen LogP) is 0.492. The number of phenols is 2. The van der Waals surface area contributed by atoms with Crippen molar-refractivity contribution in [1.82, 2.24) is 0 Å². The lowest BCUT2D eigenvalue weighted by Gasteiger charge is -2.41. The second kappa shape index (κ2) is 11.3. The molecular formula is C26H34O11. The zero-order valence-electron chi connectivity index (χ0n) is 20.9. The number of fused-ring (bicyclic) bond motifs is 1. The molecule has 0 saturated carbocycles. The van der Waals surface area contributed by atoms with E-state index in [0.717, 1.165) is 11.1 Å². The molecule has 2 aromatic rings. The van der Waals surface area contributed by atoms with Crippen LogP contribution in [0.1, 0.15) is 22.6 Å². The third kappa shape index (κ3) is 5.15. The topological polar surface area (TPSA) is 168 Å². The van der Waals surface area contributed by atoms with Gasteiger partial charge in [0.15, 0.2) is 29.3 Å². The standard InChI is InChI=1S/C26H34O11/c1-33-19-5-12-4-14(9-27)16(10-36-26-25(32)23(30)18(29)11-37-26)22(15(12)8-17(19)28)13-6-20(34-2)24(31)21(7-13)35-3/h5-8,14,16,18,22-23,25-32H,4,9-11H2,1-3H3/t14-,16-,18-,22+,23+,25-,26+/m1/s1. The molecule has 11 nitrogen and oxygen atoms in total. The monoisotopic (exact) mass is 522 g/mol. The number of hydrogen-bond acceptors (Lipinski definition) is 11. The molecule has 1 saturated heterocycles.